The van der Waals surface area contributed by atoms with Gasteiger partial charge in [-0.15, -0.1) is 0 Å². The van der Waals surface area contributed by atoms with Crippen molar-refractivity contribution < 1.29 is 13.3 Å². The Bertz CT molecular complexity index is 833. The highest BCUT2D eigenvalue weighted by Crippen LogP contribution is 2.30. The number of para-hydroxylation sites is 1. The molecule has 2 rings (SSSR count). The van der Waals surface area contributed by atoms with E-state index in [0.29, 0.717) is 16.8 Å². The van der Waals surface area contributed by atoms with E-state index in [1.165, 1.54) is 10.4 Å². The van der Waals surface area contributed by atoms with Gasteiger partial charge in [-0.1, -0.05) is 18.2 Å². The van der Waals surface area contributed by atoms with E-state index in [9.17, 15) is 18.5 Å². The maximum atomic E-state index is 13.0. The largest absolute Gasteiger partial charge is 0.271 e. The fourth-order valence-corrected chi connectivity index (χ4v) is 4.18. The predicted octanol–water partition coefficient (Wildman–Crippen LogP) is 3.43. The molecule has 0 N–H and O–H groups in total. The van der Waals surface area contributed by atoms with E-state index in [2.05, 4.69) is 0 Å². The number of hydrogen-bond donors (Lipinski definition) is 0. The molecule has 0 fully saturated rings. The van der Waals surface area contributed by atoms with Gasteiger partial charge in [0.1, 0.15) is 0 Å². The first kappa shape index (κ1) is 17.0. The molecule has 0 saturated carbocycles. The highest BCUT2D eigenvalue weighted by atomic mass is 32.2. The van der Waals surface area contributed by atoms with Gasteiger partial charge in [-0.25, -0.2) is 8.42 Å². The van der Waals surface area contributed by atoms with Gasteiger partial charge in [0.15, 0.2) is 0 Å². The summed E-state index contributed by atoms with van der Waals surface area (Å²) in [4.78, 5) is 10.4. The van der Waals surface area contributed by atoms with Crippen molar-refractivity contribution in [2.75, 3.05) is 10.8 Å². The summed E-state index contributed by atoms with van der Waals surface area (Å²) in [7, 11) is -3.88. The van der Waals surface area contributed by atoms with Crippen molar-refractivity contribution in [2.45, 2.75) is 25.7 Å². The average Bonchev–Trinajstić information content (AvgIpc) is 2.51. The van der Waals surface area contributed by atoms with E-state index in [1.807, 2.05) is 0 Å². The van der Waals surface area contributed by atoms with E-state index < -0.39 is 14.9 Å². The molecule has 0 aromatic heterocycles. The van der Waals surface area contributed by atoms with E-state index >= 15 is 0 Å². The molecule has 0 radical (unpaired) electrons. The van der Waals surface area contributed by atoms with Crippen LogP contribution in [0.3, 0.4) is 0 Å². The summed E-state index contributed by atoms with van der Waals surface area (Å²) < 4.78 is 27.3. The minimum absolute atomic E-state index is 0.0325. The molecule has 0 aliphatic carbocycles. The lowest BCUT2D eigenvalue weighted by Crippen LogP contribution is -2.31. The fraction of sp³-hybridized carbons (Fsp3) is 0.250. The first-order valence-electron chi connectivity index (χ1n) is 7.12. The zero-order chi connectivity index (χ0) is 17.2. The third kappa shape index (κ3) is 3.19. The van der Waals surface area contributed by atoms with E-state index in [-0.39, 0.29) is 17.1 Å². The normalized spacial score (nSPS) is 11.3. The molecule has 0 bridgehead atoms. The van der Waals surface area contributed by atoms with Crippen LogP contribution in [-0.2, 0) is 10.0 Å². The monoisotopic (exact) mass is 334 g/mol. The van der Waals surface area contributed by atoms with Crippen molar-refractivity contribution >= 4 is 21.4 Å². The molecule has 0 aliphatic rings. The number of sulfonamides is 1. The number of non-ortho nitro benzene ring substituents is 1. The van der Waals surface area contributed by atoms with Crippen LogP contribution in [0, 0.1) is 24.0 Å². The first-order chi connectivity index (χ1) is 10.8. The summed E-state index contributed by atoms with van der Waals surface area (Å²) in [6.45, 7) is 5.28. The van der Waals surface area contributed by atoms with Crippen LogP contribution in [0.1, 0.15) is 18.1 Å². The summed E-state index contributed by atoms with van der Waals surface area (Å²) in [5.41, 5.74) is 1.39. The maximum absolute atomic E-state index is 13.0. The number of rotatable bonds is 5. The maximum Gasteiger partial charge on any atom is 0.271 e. The Hall–Kier alpha value is -2.41. The third-order valence-electron chi connectivity index (χ3n) is 3.71. The first-order valence-corrected chi connectivity index (χ1v) is 8.56. The molecule has 7 heteroatoms. The molecule has 2 aromatic rings. The topological polar surface area (TPSA) is 80.5 Å². The lowest BCUT2D eigenvalue weighted by molar-refractivity contribution is -0.385. The summed E-state index contributed by atoms with van der Waals surface area (Å²) in [5, 5.41) is 11.1. The SMILES string of the molecule is CCN(c1ccccc1)S(=O)(=O)c1cc([N+](=O)[O-])cc(C)c1C. The van der Waals surface area contributed by atoms with Crippen LogP contribution < -0.4 is 4.31 Å². The molecule has 0 amide bonds. The fourth-order valence-electron chi connectivity index (χ4n) is 2.39. The van der Waals surface area contributed by atoms with Gasteiger partial charge < -0.3 is 0 Å². The van der Waals surface area contributed by atoms with Crippen molar-refractivity contribution in [3.05, 3.63) is 63.7 Å². The van der Waals surface area contributed by atoms with Crippen LogP contribution in [-0.4, -0.2) is 19.9 Å². The Morgan fingerprint density at radius 2 is 1.74 bits per heavy atom. The molecule has 0 heterocycles. The Kier molecular flexibility index (Phi) is 4.70. The zero-order valence-electron chi connectivity index (χ0n) is 13.2. The van der Waals surface area contributed by atoms with Crippen molar-refractivity contribution in [3.8, 4) is 0 Å². The molecule has 0 unspecified atom stereocenters. The number of aryl methyl sites for hydroxylation is 1. The van der Waals surface area contributed by atoms with E-state index in [1.54, 1.807) is 51.1 Å². The molecule has 0 aliphatic heterocycles. The second kappa shape index (κ2) is 6.37. The van der Waals surface area contributed by atoms with Crippen molar-refractivity contribution in [1.29, 1.82) is 0 Å². The third-order valence-corrected chi connectivity index (χ3v) is 5.74. The van der Waals surface area contributed by atoms with Gasteiger partial charge in [0, 0.05) is 18.7 Å². The average molecular weight is 334 g/mol. The quantitative estimate of drug-likeness (QED) is 0.620. The molecule has 0 saturated heterocycles. The van der Waals surface area contributed by atoms with Gasteiger partial charge in [-0.2, -0.15) is 0 Å². The van der Waals surface area contributed by atoms with Crippen LogP contribution in [0.4, 0.5) is 11.4 Å². The summed E-state index contributed by atoms with van der Waals surface area (Å²) in [6.07, 6.45) is 0. The van der Waals surface area contributed by atoms with E-state index in [0.717, 1.165) is 6.07 Å². The molecule has 122 valence electrons. The van der Waals surface area contributed by atoms with Crippen LogP contribution in [0.5, 0.6) is 0 Å². The smallest absolute Gasteiger partial charge is 0.267 e. The van der Waals surface area contributed by atoms with Crippen molar-refractivity contribution in [3.63, 3.8) is 0 Å². The summed E-state index contributed by atoms with van der Waals surface area (Å²) >= 11 is 0. The lowest BCUT2D eigenvalue weighted by atomic mass is 10.1. The number of hydrogen-bond acceptors (Lipinski definition) is 4. The Labute approximate surface area is 135 Å². The molecular formula is C16H18N2O4S. The molecule has 0 atom stereocenters. The highest BCUT2D eigenvalue weighted by Gasteiger charge is 2.28. The Morgan fingerprint density at radius 3 is 2.26 bits per heavy atom. The van der Waals surface area contributed by atoms with Crippen molar-refractivity contribution in [1.82, 2.24) is 0 Å². The van der Waals surface area contributed by atoms with Gasteiger partial charge in [0.2, 0.25) is 0 Å². The molecule has 6 nitrogen and oxygen atoms in total. The molecular weight excluding hydrogens is 316 g/mol. The summed E-state index contributed by atoms with van der Waals surface area (Å²) in [6, 6.07) is 11.2. The molecule has 0 spiro atoms. The van der Waals surface area contributed by atoms with Crippen LogP contribution >= 0.6 is 0 Å². The van der Waals surface area contributed by atoms with Crippen molar-refractivity contribution in [2.24, 2.45) is 0 Å². The Balaban J connectivity index is 2.65. The highest BCUT2D eigenvalue weighted by molar-refractivity contribution is 7.92. The minimum atomic E-state index is -3.88. The van der Waals surface area contributed by atoms with Crippen LogP contribution in [0.25, 0.3) is 0 Å². The van der Waals surface area contributed by atoms with Gasteiger partial charge in [-0.3, -0.25) is 14.4 Å². The number of anilines is 1. The summed E-state index contributed by atoms with van der Waals surface area (Å²) in [5.74, 6) is 0. The Morgan fingerprint density at radius 1 is 1.13 bits per heavy atom. The number of benzene rings is 2. The van der Waals surface area contributed by atoms with Gasteiger partial charge in [-0.05, 0) is 44.0 Å². The number of nitro groups is 1. The van der Waals surface area contributed by atoms with Crippen LogP contribution in [0.15, 0.2) is 47.4 Å². The second-order valence-electron chi connectivity index (χ2n) is 5.15. The number of nitro benzene ring substituents is 1. The van der Waals surface area contributed by atoms with Gasteiger partial charge >= 0.3 is 0 Å². The second-order valence-corrected chi connectivity index (χ2v) is 6.98. The predicted molar refractivity (Wildman–Crippen MR) is 89.2 cm³/mol. The minimum Gasteiger partial charge on any atom is -0.267 e. The number of nitrogens with zero attached hydrogens (tertiary/aromatic N) is 2. The lowest BCUT2D eigenvalue weighted by Gasteiger charge is -2.24. The van der Waals surface area contributed by atoms with Crippen LogP contribution in [0.2, 0.25) is 0 Å². The molecule has 2 aromatic carbocycles. The van der Waals surface area contributed by atoms with E-state index in [4.69, 9.17) is 0 Å². The standard InChI is InChI=1S/C16H18N2O4S/c1-4-17(14-8-6-5-7-9-14)23(21,22)16-11-15(18(19)20)10-12(2)13(16)3/h5-11H,4H2,1-3H3. The zero-order valence-corrected chi connectivity index (χ0v) is 14.0. The van der Waals surface area contributed by atoms with Gasteiger partial charge in [0.05, 0.1) is 15.5 Å². The van der Waals surface area contributed by atoms with Gasteiger partial charge in [0.25, 0.3) is 15.7 Å². The molecule has 23 heavy (non-hydrogen) atoms.